The molecule has 2 aromatic rings. The number of halogens is 1. The van der Waals surface area contributed by atoms with E-state index in [-0.39, 0.29) is 24.0 Å². The largest absolute Gasteiger partial charge is 0.497 e. The monoisotopic (exact) mass is 496 g/mol. The third-order valence-corrected chi connectivity index (χ3v) is 4.45. The number of guanidine groups is 1. The molecule has 5 nitrogen and oxygen atoms in total. The summed E-state index contributed by atoms with van der Waals surface area (Å²) >= 11 is 0. The van der Waals surface area contributed by atoms with Crippen LogP contribution in [0.2, 0.25) is 0 Å². The van der Waals surface area contributed by atoms with Crippen LogP contribution < -0.4 is 15.4 Å². The van der Waals surface area contributed by atoms with Gasteiger partial charge in [-0.15, -0.1) is 24.0 Å². The predicted octanol–water partition coefficient (Wildman–Crippen LogP) is 3.54. The molecule has 2 N–H and O–H groups in total. The molecule has 6 heteroatoms. The van der Waals surface area contributed by atoms with Crippen LogP contribution in [0.4, 0.5) is 0 Å². The van der Waals surface area contributed by atoms with Crippen LogP contribution in [0.15, 0.2) is 59.6 Å². The van der Waals surface area contributed by atoms with Gasteiger partial charge in [0.2, 0.25) is 0 Å². The first kappa shape index (κ1) is 24.2. The summed E-state index contributed by atoms with van der Waals surface area (Å²) in [6.45, 7) is 4.34. The maximum absolute atomic E-state index is 5.29. The summed E-state index contributed by atoms with van der Waals surface area (Å²) in [5.41, 5.74) is 2.47. The van der Waals surface area contributed by atoms with Gasteiger partial charge >= 0.3 is 0 Å². The standard InChI is InChI=1S/C22H32N4O.HI/c1-5-23-22(24-16-19-12-9-13-21(15-19)27-4)25-17-20(26(2)3)14-18-10-7-6-8-11-18;/h6-13,15,20H,5,14,16-17H2,1-4H3,(H2,23,24,25);1H. The molecule has 0 aliphatic heterocycles. The Balaban J connectivity index is 0.00000392. The number of aliphatic imine (C=N–C) groups is 1. The number of nitrogens with one attached hydrogen (secondary N) is 2. The molecule has 0 radical (unpaired) electrons. The van der Waals surface area contributed by atoms with Gasteiger partial charge in [-0.05, 0) is 50.7 Å². The number of methoxy groups -OCH3 is 1. The van der Waals surface area contributed by atoms with Crippen molar-refractivity contribution in [1.82, 2.24) is 15.5 Å². The van der Waals surface area contributed by atoms with Crippen LogP contribution in [0.25, 0.3) is 0 Å². The lowest BCUT2D eigenvalue weighted by Gasteiger charge is -2.25. The fraction of sp³-hybridized carbons (Fsp3) is 0.409. The first-order chi connectivity index (χ1) is 13.1. The lowest BCUT2D eigenvalue weighted by molar-refractivity contribution is 0.290. The Bertz CT molecular complexity index is 707. The molecule has 0 saturated heterocycles. The van der Waals surface area contributed by atoms with Crippen LogP contribution >= 0.6 is 24.0 Å². The molecule has 0 spiro atoms. The van der Waals surface area contributed by atoms with Gasteiger partial charge in [0.05, 0.1) is 13.7 Å². The molecular weight excluding hydrogens is 463 g/mol. The zero-order chi connectivity index (χ0) is 19.5. The van der Waals surface area contributed by atoms with Crippen LogP contribution in [0.1, 0.15) is 18.1 Å². The molecule has 1 unspecified atom stereocenters. The number of ether oxygens (including phenoxy) is 1. The van der Waals surface area contributed by atoms with E-state index in [9.17, 15) is 0 Å². The van der Waals surface area contributed by atoms with Crippen molar-refractivity contribution in [2.45, 2.75) is 25.9 Å². The summed E-state index contributed by atoms with van der Waals surface area (Å²) in [5, 5.41) is 6.82. The maximum atomic E-state index is 5.29. The third-order valence-electron chi connectivity index (χ3n) is 4.45. The normalized spacial score (nSPS) is 12.2. The number of benzene rings is 2. The number of nitrogens with zero attached hydrogens (tertiary/aromatic N) is 2. The first-order valence-corrected chi connectivity index (χ1v) is 9.47. The van der Waals surface area contributed by atoms with Crippen molar-refractivity contribution >= 4 is 29.9 Å². The van der Waals surface area contributed by atoms with Crippen molar-refractivity contribution in [3.05, 3.63) is 65.7 Å². The van der Waals surface area contributed by atoms with Crippen molar-refractivity contribution in [2.75, 3.05) is 34.3 Å². The van der Waals surface area contributed by atoms with Crippen LogP contribution in [-0.2, 0) is 13.0 Å². The minimum absolute atomic E-state index is 0. The van der Waals surface area contributed by atoms with Crippen molar-refractivity contribution in [3.63, 3.8) is 0 Å². The molecule has 1 atom stereocenters. The SMILES string of the molecule is CCNC(=NCc1cccc(OC)c1)NCC(Cc1ccccc1)N(C)C.I. The second-order valence-corrected chi connectivity index (χ2v) is 6.73. The summed E-state index contributed by atoms with van der Waals surface area (Å²) in [7, 11) is 5.92. The van der Waals surface area contributed by atoms with Crippen LogP contribution in [0.5, 0.6) is 5.75 Å². The Hall–Kier alpha value is -1.80. The minimum atomic E-state index is 0. The zero-order valence-corrected chi connectivity index (χ0v) is 19.6. The summed E-state index contributed by atoms with van der Waals surface area (Å²) in [5.74, 6) is 1.69. The van der Waals surface area contributed by atoms with Gasteiger partial charge in [-0.2, -0.15) is 0 Å². The maximum Gasteiger partial charge on any atom is 0.191 e. The van der Waals surface area contributed by atoms with Gasteiger partial charge in [0.15, 0.2) is 5.96 Å². The van der Waals surface area contributed by atoms with E-state index < -0.39 is 0 Å². The number of rotatable bonds is 9. The van der Waals surface area contributed by atoms with Crippen LogP contribution in [0, 0.1) is 0 Å². The minimum Gasteiger partial charge on any atom is -0.497 e. The molecule has 0 heterocycles. The van der Waals surface area contributed by atoms with Crippen molar-refractivity contribution in [1.29, 1.82) is 0 Å². The second kappa shape index (κ2) is 13.4. The number of likely N-dealkylation sites (N-methyl/N-ethyl adjacent to an activating group) is 1. The second-order valence-electron chi connectivity index (χ2n) is 6.73. The average molecular weight is 496 g/mol. The Kier molecular flexibility index (Phi) is 11.6. The highest BCUT2D eigenvalue weighted by Crippen LogP contribution is 2.13. The Morgan fingerprint density at radius 3 is 2.39 bits per heavy atom. The van der Waals surface area contributed by atoms with Crippen molar-refractivity contribution in [3.8, 4) is 5.75 Å². The smallest absolute Gasteiger partial charge is 0.191 e. The van der Waals surface area contributed by atoms with Gasteiger partial charge in [-0.1, -0.05) is 42.5 Å². The highest BCUT2D eigenvalue weighted by atomic mass is 127. The van der Waals surface area contributed by atoms with Crippen LogP contribution in [0.3, 0.4) is 0 Å². The molecule has 0 aromatic heterocycles. The topological polar surface area (TPSA) is 48.9 Å². The van der Waals surface area contributed by atoms with Gasteiger partial charge in [0.1, 0.15) is 5.75 Å². The summed E-state index contributed by atoms with van der Waals surface area (Å²) in [4.78, 5) is 6.97. The molecule has 2 aromatic carbocycles. The van der Waals surface area contributed by atoms with E-state index in [1.165, 1.54) is 5.56 Å². The van der Waals surface area contributed by atoms with E-state index in [1.807, 2.05) is 18.2 Å². The molecular formula is C22H33IN4O. The quantitative estimate of drug-likeness (QED) is 0.317. The highest BCUT2D eigenvalue weighted by Gasteiger charge is 2.13. The van der Waals surface area contributed by atoms with E-state index in [0.717, 1.165) is 36.8 Å². The van der Waals surface area contributed by atoms with Crippen molar-refractivity contribution < 1.29 is 4.74 Å². The summed E-state index contributed by atoms with van der Waals surface area (Å²) in [6.07, 6.45) is 0.996. The van der Waals surface area contributed by atoms with Gasteiger partial charge in [0, 0.05) is 19.1 Å². The van der Waals surface area contributed by atoms with Crippen molar-refractivity contribution in [2.24, 2.45) is 4.99 Å². The van der Waals surface area contributed by atoms with E-state index in [4.69, 9.17) is 9.73 Å². The fourth-order valence-corrected chi connectivity index (χ4v) is 2.82. The Labute approximate surface area is 186 Å². The highest BCUT2D eigenvalue weighted by molar-refractivity contribution is 14.0. The molecule has 28 heavy (non-hydrogen) atoms. The average Bonchev–Trinajstić information content (AvgIpc) is 2.69. The van der Waals surface area contributed by atoms with Gasteiger partial charge in [-0.3, -0.25) is 0 Å². The van der Waals surface area contributed by atoms with Gasteiger partial charge in [0.25, 0.3) is 0 Å². The molecule has 0 aliphatic carbocycles. The first-order valence-electron chi connectivity index (χ1n) is 9.47. The molecule has 0 aliphatic rings. The third kappa shape index (κ3) is 8.48. The number of hydrogen-bond donors (Lipinski definition) is 2. The van der Waals surface area contributed by atoms with E-state index in [0.29, 0.717) is 12.6 Å². The lowest BCUT2D eigenvalue weighted by Crippen LogP contribution is -2.46. The molecule has 0 fully saturated rings. The molecule has 0 bridgehead atoms. The molecule has 0 amide bonds. The summed E-state index contributed by atoms with van der Waals surface area (Å²) < 4.78 is 5.29. The predicted molar refractivity (Wildman–Crippen MR) is 129 cm³/mol. The van der Waals surface area contributed by atoms with Crippen LogP contribution in [-0.4, -0.2) is 51.2 Å². The van der Waals surface area contributed by atoms with E-state index >= 15 is 0 Å². The zero-order valence-electron chi connectivity index (χ0n) is 17.3. The number of hydrogen-bond acceptors (Lipinski definition) is 3. The summed E-state index contributed by atoms with van der Waals surface area (Å²) in [6, 6.07) is 19.0. The molecule has 0 saturated carbocycles. The molecule has 2 rings (SSSR count). The van der Waals surface area contributed by atoms with E-state index in [1.54, 1.807) is 7.11 Å². The van der Waals surface area contributed by atoms with E-state index in [2.05, 4.69) is 73.0 Å². The fourth-order valence-electron chi connectivity index (χ4n) is 2.82. The Morgan fingerprint density at radius 1 is 1.04 bits per heavy atom. The van der Waals surface area contributed by atoms with Gasteiger partial charge < -0.3 is 20.3 Å². The Morgan fingerprint density at radius 2 is 1.75 bits per heavy atom. The van der Waals surface area contributed by atoms with Gasteiger partial charge in [-0.25, -0.2) is 4.99 Å². The lowest BCUT2D eigenvalue weighted by atomic mass is 10.1. The molecule has 154 valence electrons.